The standard InChI is InChI=1S/C21H23F2N5O3/c1-12(2)31-21-15(20(29)25-17-5-3-4-16(24-17)18(22)23)8-14-10-28(27-19(14)26-21)9-13-6-7-30-11-13/h3-5,8,10,12-13,18H,6-7,9,11H2,1-2H3,(H,24,25,29)/t13-/m0/s1. The number of carbonyl (C=O) groups excluding carboxylic acids is 1. The number of anilines is 1. The summed E-state index contributed by atoms with van der Waals surface area (Å²) in [5.74, 6) is -0.0210. The highest BCUT2D eigenvalue weighted by Gasteiger charge is 2.21. The van der Waals surface area contributed by atoms with Gasteiger partial charge in [-0.05, 0) is 38.5 Å². The van der Waals surface area contributed by atoms with E-state index >= 15 is 0 Å². The number of fused-ring (bicyclic) bond motifs is 1. The molecule has 0 saturated carbocycles. The summed E-state index contributed by atoms with van der Waals surface area (Å²) in [5.41, 5.74) is 0.223. The van der Waals surface area contributed by atoms with Gasteiger partial charge in [0.1, 0.15) is 17.1 Å². The zero-order valence-electron chi connectivity index (χ0n) is 17.2. The van der Waals surface area contributed by atoms with Crippen LogP contribution < -0.4 is 10.1 Å². The second kappa shape index (κ2) is 8.93. The largest absolute Gasteiger partial charge is 0.474 e. The number of halogens is 2. The molecule has 31 heavy (non-hydrogen) atoms. The maximum atomic E-state index is 12.9. The second-order valence-corrected chi connectivity index (χ2v) is 7.70. The summed E-state index contributed by atoms with van der Waals surface area (Å²) in [6.45, 7) is 5.79. The molecule has 1 amide bonds. The van der Waals surface area contributed by atoms with Crippen LogP contribution >= 0.6 is 0 Å². The zero-order chi connectivity index (χ0) is 22.0. The van der Waals surface area contributed by atoms with Crippen molar-refractivity contribution in [2.24, 2.45) is 5.92 Å². The molecule has 0 spiro atoms. The van der Waals surface area contributed by atoms with Crippen molar-refractivity contribution in [1.29, 1.82) is 0 Å². The van der Waals surface area contributed by atoms with Gasteiger partial charge in [-0.25, -0.2) is 13.8 Å². The molecule has 0 unspecified atom stereocenters. The minimum absolute atomic E-state index is 0.0234. The minimum Gasteiger partial charge on any atom is -0.474 e. The van der Waals surface area contributed by atoms with Crippen LogP contribution in [0.4, 0.5) is 14.6 Å². The quantitative estimate of drug-likeness (QED) is 0.611. The first-order valence-corrected chi connectivity index (χ1v) is 10.1. The number of rotatable bonds is 7. The fraction of sp³-hybridized carbons (Fsp3) is 0.429. The number of carbonyl (C=O) groups is 1. The molecule has 4 heterocycles. The molecule has 1 fully saturated rings. The average Bonchev–Trinajstić information content (AvgIpc) is 3.36. The van der Waals surface area contributed by atoms with Gasteiger partial charge in [0.05, 0.1) is 12.7 Å². The van der Waals surface area contributed by atoms with Crippen LogP contribution in [0.5, 0.6) is 5.88 Å². The van der Waals surface area contributed by atoms with Gasteiger partial charge in [0, 0.05) is 30.7 Å². The van der Waals surface area contributed by atoms with Crippen LogP contribution in [-0.2, 0) is 11.3 Å². The Balaban J connectivity index is 1.63. The molecule has 4 rings (SSSR count). The Morgan fingerprint density at radius 3 is 2.90 bits per heavy atom. The van der Waals surface area contributed by atoms with Crippen LogP contribution in [0.3, 0.4) is 0 Å². The van der Waals surface area contributed by atoms with Gasteiger partial charge in [-0.15, -0.1) is 0 Å². The zero-order valence-corrected chi connectivity index (χ0v) is 17.2. The summed E-state index contributed by atoms with van der Waals surface area (Å²) in [7, 11) is 0. The summed E-state index contributed by atoms with van der Waals surface area (Å²) in [4.78, 5) is 21.1. The number of aromatic nitrogens is 4. The lowest BCUT2D eigenvalue weighted by Crippen LogP contribution is -2.17. The number of nitrogens with one attached hydrogen (secondary N) is 1. The number of hydrogen-bond donors (Lipinski definition) is 1. The summed E-state index contributed by atoms with van der Waals surface area (Å²) in [6.07, 6.45) is -0.157. The van der Waals surface area contributed by atoms with Gasteiger partial charge < -0.3 is 14.8 Å². The van der Waals surface area contributed by atoms with E-state index in [1.807, 2.05) is 20.0 Å². The number of pyridine rings is 2. The Morgan fingerprint density at radius 2 is 2.19 bits per heavy atom. The first-order valence-electron chi connectivity index (χ1n) is 10.1. The summed E-state index contributed by atoms with van der Waals surface area (Å²) >= 11 is 0. The maximum Gasteiger partial charge on any atom is 0.280 e. The van der Waals surface area contributed by atoms with Crippen LogP contribution in [0.25, 0.3) is 11.0 Å². The molecule has 0 bridgehead atoms. The summed E-state index contributed by atoms with van der Waals surface area (Å²) < 4.78 is 38.8. The Morgan fingerprint density at radius 1 is 1.35 bits per heavy atom. The van der Waals surface area contributed by atoms with Crippen molar-refractivity contribution >= 4 is 22.8 Å². The molecule has 10 heteroatoms. The highest BCUT2D eigenvalue weighted by atomic mass is 19.3. The van der Waals surface area contributed by atoms with Crippen molar-refractivity contribution in [1.82, 2.24) is 19.7 Å². The van der Waals surface area contributed by atoms with Gasteiger partial charge in [0.15, 0.2) is 5.65 Å². The first kappa shape index (κ1) is 21.1. The molecule has 1 aliphatic heterocycles. The molecule has 164 valence electrons. The van der Waals surface area contributed by atoms with E-state index in [4.69, 9.17) is 9.47 Å². The Labute approximate surface area is 177 Å². The lowest BCUT2D eigenvalue weighted by Gasteiger charge is -2.13. The number of hydrogen-bond acceptors (Lipinski definition) is 6. The van der Waals surface area contributed by atoms with Gasteiger partial charge in [0.25, 0.3) is 12.3 Å². The van der Waals surface area contributed by atoms with Crippen LogP contribution in [0.2, 0.25) is 0 Å². The van der Waals surface area contributed by atoms with Gasteiger partial charge in [0.2, 0.25) is 5.88 Å². The third-order valence-electron chi connectivity index (χ3n) is 4.80. The van der Waals surface area contributed by atoms with E-state index in [0.29, 0.717) is 30.1 Å². The predicted molar refractivity (Wildman–Crippen MR) is 109 cm³/mol. The molecule has 8 nitrogen and oxygen atoms in total. The molecule has 1 N–H and O–H groups in total. The van der Waals surface area contributed by atoms with Gasteiger partial charge in [-0.2, -0.15) is 10.1 Å². The van der Waals surface area contributed by atoms with Crippen molar-refractivity contribution < 1.29 is 23.0 Å². The topological polar surface area (TPSA) is 91.2 Å². The van der Waals surface area contributed by atoms with E-state index in [2.05, 4.69) is 20.4 Å². The van der Waals surface area contributed by atoms with Gasteiger partial charge in [-0.1, -0.05) is 6.07 Å². The van der Waals surface area contributed by atoms with E-state index in [9.17, 15) is 13.6 Å². The Hall–Kier alpha value is -3.14. The summed E-state index contributed by atoms with van der Waals surface area (Å²) in [5, 5.41) is 7.73. The smallest absolute Gasteiger partial charge is 0.280 e. The monoisotopic (exact) mass is 431 g/mol. The summed E-state index contributed by atoms with van der Waals surface area (Å²) in [6, 6.07) is 5.69. The third-order valence-corrected chi connectivity index (χ3v) is 4.80. The van der Waals surface area contributed by atoms with Crippen LogP contribution in [-0.4, -0.2) is 45.0 Å². The highest BCUT2D eigenvalue weighted by Crippen LogP contribution is 2.25. The first-order chi connectivity index (χ1) is 14.9. The van der Waals surface area contributed by atoms with Crippen molar-refractivity contribution in [3.05, 3.63) is 41.7 Å². The van der Waals surface area contributed by atoms with Gasteiger partial charge in [-0.3, -0.25) is 9.48 Å². The number of amides is 1. The number of ether oxygens (including phenoxy) is 2. The molecule has 0 radical (unpaired) electrons. The number of alkyl halides is 2. The molecule has 1 saturated heterocycles. The van der Waals surface area contributed by atoms with Crippen LogP contribution in [0.15, 0.2) is 30.5 Å². The fourth-order valence-corrected chi connectivity index (χ4v) is 3.38. The normalized spacial score (nSPS) is 16.4. The van der Waals surface area contributed by atoms with Crippen LogP contribution in [0.1, 0.15) is 42.7 Å². The number of nitrogens with zero attached hydrogens (tertiary/aromatic N) is 4. The molecular weight excluding hydrogens is 408 g/mol. The molecule has 3 aromatic rings. The lowest BCUT2D eigenvalue weighted by atomic mass is 10.1. The minimum atomic E-state index is -2.73. The van der Waals surface area contributed by atoms with Gasteiger partial charge >= 0.3 is 0 Å². The molecule has 0 aliphatic carbocycles. The van der Waals surface area contributed by atoms with E-state index in [1.54, 1.807) is 10.7 Å². The molecule has 1 atom stereocenters. The van der Waals surface area contributed by atoms with E-state index in [-0.39, 0.29) is 23.4 Å². The molecule has 0 aromatic carbocycles. The van der Waals surface area contributed by atoms with Crippen molar-refractivity contribution in [3.63, 3.8) is 0 Å². The van der Waals surface area contributed by atoms with Crippen molar-refractivity contribution in [3.8, 4) is 5.88 Å². The molecule has 3 aromatic heterocycles. The van der Waals surface area contributed by atoms with Crippen molar-refractivity contribution in [2.75, 3.05) is 18.5 Å². The second-order valence-electron chi connectivity index (χ2n) is 7.70. The van der Waals surface area contributed by atoms with E-state index < -0.39 is 18.0 Å². The lowest BCUT2D eigenvalue weighted by molar-refractivity contribution is 0.101. The molecular formula is C21H23F2N5O3. The average molecular weight is 431 g/mol. The van der Waals surface area contributed by atoms with E-state index in [1.165, 1.54) is 18.2 Å². The maximum absolute atomic E-state index is 12.9. The van der Waals surface area contributed by atoms with E-state index in [0.717, 1.165) is 13.0 Å². The van der Waals surface area contributed by atoms with Crippen LogP contribution in [0, 0.1) is 5.92 Å². The SMILES string of the molecule is CC(C)Oc1nc2nn(C[C@@H]3CCOC3)cc2cc1C(=O)Nc1cccc(C(F)F)n1. The Bertz CT molecular complexity index is 1080. The predicted octanol–water partition coefficient (Wildman–Crippen LogP) is 3.84. The van der Waals surface area contributed by atoms with Crippen molar-refractivity contribution in [2.45, 2.75) is 39.3 Å². The highest BCUT2D eigenvalue weighted by molar-refractivity contribution is 6.07. The fourth-order valence-electron chi connectivity index (χ4n) is 3.38. The third kappa shape index (κ3) is 4.96. The molecule has 1 aliphatic rings. The Kier molecular flexibility index (Phi) is 6.08.